The number of rotatable bonds is 2. The Balaban J connectivity index is 2.23. The van der Waals surface area contributed by atoms with Crippen molar-refractivity contribution in [1.82, 2.24) is 0 Å². The molecular formula is C13H14ClF3N2O. The van der Waals surface area contributed by atoms with Crippen LogP contribution in [0.15, 0.2) is 18.2 Å². The van der Waals surface area contributed by atoms with Crippen LogP contribution in [0.1, 0.15) is 24.8 Å². The molecule has 1 aliphatic carbocycles. The Morgan fingerprint density at radius 3 is 2.60 bits per heavy atom. The van der Waals surface area contributed by atoms with Crippen LogP contribution in [0.3, 0.4) is 0 Å². The minimum atomic E-state index is -4.57. The highest BCUT2D eigenvalue weighted by Gasteiger charge is 2.36. The van der Waals surface area contributed by atoms with Crippen LogP contribution in [0.2, 0.25) is 5.02 Å². The molecule has 7 heteroatoms. The number of para-hydroxylation sites is 1. The predicted octanol–water partition coefficient (Wildman–Crippen LogP) is 3.42. The van der Waals surface area contributed by atoms with Gasteiger partial charge in [-0.25, -0.2) is 0 Å². The third-order valence-corrected chi connectivity index (χ3v) is 3.73. The van der Waals surface area contributed by atoms with Gasteiger partial charge in [0.1, 0.15) is 0 Å². The average molecular weight is 307 g/mol. The van der Waals surface area contributed by atoms with Crippen LogP contribution >= 0.6 is 11.6 Å². The molecule has 1 aliphatic rings. The number of carbonyl (C=O) groups excluding carboxylic acids is 1. The summed E-state index contributed by atoms with van der Waals surface area (Å²) < 4.78 is 38.7. The molecule has 1 amide bonds. The van der Waals surface area contributed by atoms with Gasteiger partial charge in [-0.1, -0.05) is 17.7 Å². The third-order valence-electron chi connectivity index (χ3n) is 3.41. The van der Waals surface area contributed by atoms with Crippen molar-refractivity contribution in [2.45, 2.75) is 31.5 Å². The molecule has 0 heterocycles. The van der Waals surface area contributed by atoms with E-state index in [1.807, 2.05) is 0 Å². The second-order valence-electron chi connectivity index (χ2n) is 4.92. The molecule has 3 nitrogen and oxygen atoms in total. The van der Waals surface area contributed by atoms with Gasteiger partial charge >= 0.3 is 6.18 Å². The smallest absolute Gasteiger partial charge is 0.328 e. The Kier molecular flexibility index (Phi) is 4.25. The summed E-state index contributed by atoms with van der Waals surface area (Å²) in [5.41, 5.74) is 4.37. The summed E-state index contributed by atoms with van der Waals surface area (Å²) in [5, 5.41) is 2.17. The van der Waals surface area contributed by atoms with Gasteiger partial charge in [0.05, 0.1) is 16.3 Å². The number of carbonyl (C=O) groups is 1. The van der Waals surface area contributed by atoms with E-state index in [0.29, 0.717) is 19.3 Å². The maximum absolute atomic E-state index is 12.9. The molecule has 0 radical (unpaired) electrons. The normalized spacial score (nSPS) is 22.9. The number of nitrogens with two attached hydrogens (primary N) is 1. The monoisotopic (exact) mass is 306 g/mol. The number of hydrogen-bond donors (Lipinski definition) is 2. The molecule has 1 aromatic carbocycles. The fraction of sp³-hybridized carbons (Fsp3) is 0.462. The van der Waals surface area contributed by atoms with E-state index >= 15 is 0 Å². The van der Waals surface area contributed by atoms with E-state index in [4.69, 9.17) is 17.3 Å². The van der Waals surface area contributed by atoms with Gasteiger partial charge < -0.3 is 11.1 Å². The van der Waals surface area contributed by atoms with Gasteiger partial charge in [-0.05, 0) is 31.4 Å². The molecule has 0 aliphatic heterocycles. The zero-order chi connectivity index (χ0) is 14.9. The second-order valence-corrected chi connectivity index (χ2v) is 5.33. The molecule has 20 heavy (non-hydrogen) atoms. The number of halogens is 4. The Labute approximate surface area is 119 Å². The standard InChI is InChI=1S/C13H14ClF3N2O/c14-10-3-1-2-9(13(15,16)17)11(10)19-12(20)7-4-5-8(18)6-7/h1-3,7-8H,4-6,18H2,(H,19,20). The molecule has 110 valence electrons. The van der Waals surface area contributed by atoms with Crippen molar-refractivity contribution in [3.8, 4) is 0 Å². The van der Waals surface area contributed by atoms with E-state index in [1.54, 1.807) is 0 Å². The third kappa shape index (κ3) is 3.24. The summed E-state index contributed by atoms with van der Waals surface area (Å²) in [6, 6.07) is 3.33. The lowest BCUT2D eigenvalue weighted by Gasteiger charge is -2.17. The molecule has 1 aromatic rings. The maximum Gasteiger partial charge on any atom is 0.418 e. The van der Waals surface area contributed by atoms with Crippen LogP contribution in [0.5, 0.6) is 0 Å². The van der Waals surface area contributed by atoms with Crippen molar-refractivity contribution < 1.29 is 18.0 Å². The van der Waals surface area contributed by atoms with Crippen molar-refractivity contribution in [2.24, 2.45) is 11.7 Å². The van der Waals surface area contributed by atoms with E-state index in [2.05, 4.69) is 5.32 Å². The Morgan fingerprint density at radius 1 is 1.35 bits per heavy atom. The number of alkyl halides is 3. The van der Waals surface area contributed by atoms with Crippen LogP contribution in [0.4, 0.5) is 18.9 Å². The minimum Gasteiger partial charge on any atom is -0.328 e. The number of nitrogens with one attached hydrogen (secondary N) is 1. The largest absolute Gasteiger partial charge is 0.418 e. The Morgan fingerprint density at radius 2 is 2.05 bits per heavy atom. The molecule has 0 saturated heterocycles. The lowest BCUT2D eigenvalue weighted by molar-refractivity contribution is -0.137. The van der Waals surface area contributed by atoms with Crippen molar-refractivity contribution >= 4 is 23.2 Å². The summed E-state index contributed by atoms with van der Waals surface area (Å²) in [7, 11) is 0. The summed E-state index contributed by atoms with van der Waals surface area (Å²) in [5.74, 6) is -0.820. The highest BCUT2D eigenvalue weighted by atomic mass is 35.5. The quantitative estimate of drug-likeness (QED) is 0.879. The number of hydrogen-bond acceptors (Lipinski definition) is 2. The highest BCUT2D eigenvalue weighted by Crippen LogP contribution is 2.39. The molecule has 1 fully saturated rings. The molecule has 2 unspecified atom stereocenters. The first kappa shape index (κ1) is 15.1. The van der Waals surface area contributed by atoms with Gasteiger partial charge in [0, 0.05) is 12.0 Å². The fourth-order valence-corrected chi connectivity index (χ4v) is 2.59. The Hall–Kier alpha value is -1.27. The average Bonchev–Trinajstić information content (AvgIpc) is 2.77. The van der Waals surface area contributed by atoms with Gasteiger partial charge in [-0.2, -0.15) is 13.2 Å². The van der Waals surface area contributed by atoms with Crippen molar-refractivity contribution in [3.05, 3.63) is 28.8 Å². The van der Waals surface area contributed by atoms with Gasteiger partial charge in [0.15, 0.2) is 0 Å². The second kappa shape index (κ2) is 5.61. The maximum atomic E-state index is 12.9. The molecule has 0 bridgehead atoms. The number of anilines is 1. The molecule has 0 aromatic heterocycles. The van der Waals surface area contributed by atoms with Crippen LogP contribution in [0, 0.1) is 5.92 Å². The predicted molar refractivity (Wildman–Crippen MR) is 70.4 cm³/mol. The van der Waals surface area contributed by atoms with E-state index in [1.165, 1.54) is 12.1 Å². The first-order chi connectivity index (χ1) is 9.29. The van der Waals surface area contributed by atoms with E-state index in [-0.39, 0.29) is 22.7 Å². The van der Waals surface area contributed by atoms with Crippen LogP contribution < -0.4 is 11.1 Å². The zero-order valence-electron chi connectivity index (χ0n) is 10.5. The summed E-state index contributed by atoms with van der Waals surface area (Å²) in [4.78, 5) is 12.0. The topological polar surface area (TPSA) is 55.1 Å². The van der Waals surface area contributed by atoms with Crippen molar-refractivity contribution in [2.75, 3.05) is 5.32 Å². The van der Waals surface area contributed by atoms with E-state index < -0.39 is 17.6 Å². The summed E-state index contributed by atoms with van der Waals surface area (Å²) in [6.45, 7) is 0. The lowest BCUT2D eigenvalue weighted by atomic mass is 10.1. The molecule has 3 N–H and O–H groups in total. The summed E-state index contributed by atoms with van der Waals surface area (Å²) in [6.07, 6.45) is -2.80. The highest BCUT2D eigenvalue weighted by molar-refractivity contribution is 6.34. The molecule has 2 atom stereocenters. The minimum absolute atomic E-state index is 0.0703. The van der Waals surface area contributed by atoms with Crippen molar-refractivity contribution in [1.29, 1.82) is 0 Å². The van der Waals surface area contributed by atoms with Crippen molar-refractivity contribution in [3.63, 3.8) is 0 Å². The molecule has 1 saturated carbocycles. The van der Waals surface area contributed by atoms with Gasteiger partial charge in [-0.15, -0.1) is 0 Å². The molecule has 2 rings (SSSR count). The fourth-order valence-electron chi connectivity index (χ4n) is 2.37. The number of amides is 1. The van der Waals surface area contributed by atoms with E-state index in [9.17, 15) is 18.0 Å². The molecular weight excluding hydrogens is 293 g/mol. The zero-order valence-corrected chi connectivity index (χ0v) is 11.3. The SMILES string of the molecule is NC1CCC(C(=O)Nc2c(Cl)cccc2C(F)(F)F)C1. The van der Waals surface area contributed by atoms with Gasteiger partial charge in [0.25, 0.3) is 0 Å². The summed E-state index contributed by atoms with van der Waals surface area (Å²) >= 11 is 5.78. The van der Waals surface area contributed by atoms with Gasteiger partial charge in [-0.3, -0.25) is 4.79 Å². The lowest BCUT2D eigenvalue weighted by Crippen LogP contribution is -2.24. The first-order valence-electron chi connectivity index (χ1n) is 6.21. The van der Waals surface area contributed by atoms with Gasteiger partial charge in [0.2, 0.25) is 5.91 Å². The van der Waals surface area contributed by atoms with Crippen LogP contribution in [0.25, 0.3) is 0 Å². The Bertz CT molecular complexity index is 519. The first-order valence-corrected chi connectivity index (χ1v) is 6.59. The van der Waals surface area contributed by atoms with Crippen LogP contribution in [-0.2, 0) is 11.0 Å². The number of benzene rings is 1. The van der Waals surface area contributed by atoms with Crippen LogP contribution in [-0.4, -0.2) is 11.9 Å². The van der Waals surface area contributed by atoms with E-state index in [0.717, 1.165) is 6.07 Å². The molecule has 0 spiro atoms.